The third-order valence-corrected chi connectivity index (χ3v) is 5.02. The van der Waals surface area contributed by atoms with Crippen LogP contribution in [0.1, 0.15) is 16.8 Å². The molecule has 2 aromatic carbocycles. The monoisotopic (exact) mass is 367 g/mol. The van der Waals surface area contributed by atoms with Crippen LogP contribution in [0.25, 0.3) is 0 Å². The Bertz CT molecular complexity index is 876. The molecule has 2 heterocycles. The van der Waals surface area contributed by atoms with Gasteiger partial charge in [-0.3, -0.25) is 9.59 Å². The Morgan fingerprint density at radius 2 is 1.85 bits per heavy atom. The number of carbonyl (C=O) groups excluding carboxylic acids is 2. The van der Waals surface area contributed by atoms with Gasteiger partial charge in [0.15, 0.2) is 0 Å². The van der Waals surface area contributed by atoms with E-state index < -0.39 is 0 Å². The SMILES string of the molecule is COc1cc(OC)cc(C(=O)NC2CC3C(=O)Nc4ccccc4N3C2)c1. The molecule has 140 valence electrons. The predicted octanol–water partition coefficient (Wildman–Crippen LogP) is 2.03. The maximum atomic E-state index is 12.7. The Balaban J connectivity index is 1.52. The van der Waals surface area contributed by atoms with Crippen LogP contribution in [0, 0.1) is 0 Å². The lowest BCUT2D eigenvalue weighted by Gasteiger charge is -2.32. The summed E-state index contributed by atoms with van der Waals surface area (Å²) in [5.41, 5.74) is 2.26. The fourth-order valence-corrected chi connectivity index (χ4v) is 3.71. The summed E-state index contributed by atoms with van der Waals surface area (Å²) < 4.78 is 10.5. The van der Waals surface area contributed by atoms with Crippen molar-refractivity contribution in [2.45, 2.75) is 18.5 Å². The molecule has 2 aliphatic heterocycles. The first kappa shape index (κ1) is 17.2. The standard InChI is InChI=1S/C20H21N3O4/c1-26-14-7-12(8-15(10-14)27-2)19(24)21-13-9-18-20(25)22-16-5-3-4-6-17(16)23(18)11-13/h3-8,10,13,18H,9,11H2,1-2H3,(H,21,24)(H,22,25). The number of methoxy groups -OCH3 is 2. The van der Waals surface area contributed by atoms with Crippen LogP contribution in [-0.2, 0) is 4.79 Å². The lowest BCUT2D eigenvalue weighted by Crippen LogP contribution is -2.44. The van der Waals surface area contributed by atoms with Crippen molar-refractivity contribution in [2.75, 3.05) is 31.0 Å². The number of anilines is 2. The number of hydrogen-bond acceptors (Lipinski definition) is 5. The number of para-hydroxylation sites is 2. The van der Waals surface area contributed by atoms with Crippen molar-refractivity contribution in [1.82, 2.24) is 5.32 Å². The van der Waals surface area contributed by atoms with E-state index >= 15 is 0 Å². The van der Waals surface area contributed by atoms with Crippen LogP contribution < -0.4 is 25.0 Å². The summed E-state index contributed by atoms with van der Waals surface area (Å²) in [5, 5.41) is 5.97. The minimum atomic E-state index is -0.273. The lowest BCUT2D eigenvalue weighted by atomic mass is 10.1. The van der Waals surface area contributed by atoms with Crippen LogP contribution in [-0.4, -0.2) is 44.7 Å². The van der Waals surface area contributed by atoms with Gasteiger partial charge in [0.05, 0.1) is 25.6 Å². The Kier molecular flexibility index (Phi) is 4.35. The van der Waals surface area contributed by atoms with Crippen molar-refractivity contribution in [2.24, 2.45) is 0 Å². The first-order valence-electron chi connectivity index (χ1n) is 8.79. The molecule has 4 rings (SSSR count). The van der Waals surface area contributed by atoms with E-state index in [1.165, 1.54) is 0 Å². The van der Waals surface area contributed by atoms with E-state index in [9.17, 15) is 9.59 Å². The zero-order chi connectivity index (χ0) is 19.0. The van der Waals surface area contributed by atoms with E-state index in [0.29, 0.717) is 30.0 Å². The first-order chi connectivity index (χ1) is 13.1. The molecule has 0 bridgehead atoms. The molecule has 2 amide bonds. The van der Waals surface area contributed by atoms with Crippen molar-refractivity contribution < 1.29 is 19.1 Å². The summed E-state index contributed by atoms with van der Waals surface area (Å²) in [7, 11) is 3.09. The number of fused-ring (bicyclic) bond motifs is 3. The summed E-state index contributed by atoms with van der Waals surface area (Å²) in [6.45, 7) is 0.585. The van der Waals surface area contributed by atoms with Gasteiger partial charge in [-0.2, -0.15) is 0 Å². The van der Waals surface area contributed by atoms with Gasteiger partial charge in [0, 0.05) is 24.2 Å². The van der Waals surface area contributed by atoms with Crippen LogP contribution in [0.4, 0.5) is 11.4 Å². The molecule has 7 heteroatoms. The zero-order valence-corrected chi connectivity index (χ0v) is 15.2. The Morgan fingerprint density at radius 1 is 1.15 bits per heavy atom. The van der Waals surface area contributed by atoms with Gasteiger partial charge >= 0.3 is 0 Å². The second-order valence-corrected chi connectivity index (χ2v) is 6.68. The van der Waals surface area contributed by atoms with Gasteiger partial charge in [-0.1, -0.05) is 12.1 Å². The average molecular weight is 367 g/mol. The molecule has 0 aromatic heterocycles. The predicted molar refractivity (Wildman–Crippen MR) is 102 cm³/mol. The summed E-state index contributed by atoms with van der Waals surface area (Å²) in [5.74, 6) is 0.854. The van der Waals surface area contributed by atoms with Gasteiger partial charge in [-0.05, 0) is 30.7 Å². The van der Waals surface area contributed by atoms with E-state index in [0.717, 1.165) is 11.4 Å². The topological polar surface area (TPSA) is 79.9 Å². The number of ether oxygens (including phenoxy) is 2. The highest BCUT2D eigenvalue weighted by atomic mass is 16.5. The minimum absolute atomic E-state index is 0.0338. The van der Waals surface area contributed by atoms with Gasteiger partial charge in [0.2, 0.25) is 5.91 Å². The molecule has 1 saturated heterocycles. The number of benzene rings is 2. The average Bonchev–Trinajstić information content (AvgIpc) is 3.12. The largest absolute Gasteiger partial charge is 0.497 e. The molecule has 0 saturated carbocycles. The molecule has 0 aliphatic carbocycles. The molecule has 27 heavy (non-hydrogen) atoms. The maximum Gasteiger partial charge on any atom is 0.251 e. The van der Waals surface area contributed by atoms with E-state index in [1.807, 2.05) is 24.3 Å². The van der Waals surface area contributed by atoms with Crippen molar-refractivity contribution in [3.8, 4) is 11.5 Å². The fraction of sp³-hybridized carbons (Fsp3) is 0.300. The Hall–Kier alpha value is -3.22. The van der Waals surface area contributed by atoms with E-state index in [2.05, 4.69) is 15.5 Å². The van der Waals surface area contributed by atoms with Crippen molar-refractivity contribution >= 4 is 23.2 Å². The van der Waals surface area contributed by atoms with Gasteiger partial charge in [0.25, 0.3) is 5.91 Å². The summed E-state index contributed by atoms with van der Waals surface area (Å²) >= 11 is 0. The number of hydrogen-bond donors (Lipinski definition) is 2. The lowest BCUT2D eigenvalue weighted by molar-refractivity contribution is -0.117. The molecule has 2 aliphatic rings. The summed E-state index contributed by atoms with van der Waals surface area (Å²) in [4.78, 5) is 27.2. The molecular weight excluding hydrogens is 346 g/mol. The molecule has 7 nitrogen and oxygen atoms in total. The number of amides is 2. The molecule has 0 spiro atoms. The molecule has 2 unspecified atom stereocenters. The van der Waals surface area contributed by atoms with Gasteiger partial charge in [-0.25, -0.2) is 0 Å². The first-order valence-corrected chi connectivity index (χ1v) is 8.79. The Morgan fingerprint density at radius 3 is 2.56 bits per heavy atom. The second-order valence-electron chi connectivity index (χ2n) is 6.68. The number of carbonyl (C=O) groups is 2. The van der Waals surface area contributed by atoms with Crippen LogP contribution in [0.3, 0.4) is 0 Å². The molecular formula is C20H21N3O4. The fourth-order valence-electron chi connectivity index (χ4n) is 3.71. The summed E-state index contributed by atoms with van der Waals surface area (Å²) in [6.07, 6.45) is 0.563. The molecule has 2 atom stereocenters. The molecule has 2 aromatic rings. The van der Waals surface area contributed by atoms with Gasteiger partial charge in [-0.15, -0.1) is 0 Å². The highest BCUT2D eigenvalue weighted by Crippen LogP contribution is 2.36. The highest BCUT2D eigenvalue weighted by Gasteiger charge is 2.41. The van der Waals surface area contributed by atoms with Gasteiger partial charge in [0.1, 0.15) is 17.5 Å². The quantitative estimate of drug-likeness (QED) is 0.864. The second kappa shape index (κ2) is 6.83. The third-order valence-electron chi connectivity index (χ3n) is 5.02. The zero-order valence-electron chi connectivity index (χ0n) is 15.2. The van der Waals surface area contributed by atoms with E-state index in [-0.39, 0.29) is 23.9 Å². The number of rotatable bonds is 4. The summed E-state index contributed by atoms with van der Waals surface area (Å²) in [6, 6.07) is 12.4. The number of nitrogens with one attached hydrogen (secondary N) is 2. The smallest absolute Gasteiger partial charge is 0.251 e. The van der Waals surface area contributed by atoms with Crippen molar-refractivity contribution in [3.05, 3.63) is 48.0 Å². The molecule has 1 fully saturated rings. The van der Waals surface area contributed by atoms with Crippen LogP contribution in [0.2, 0.25) is 0 Å². The van der Waals surface area contributed by atoms with Gasteiger partial charge < -0.3 is 25.0 Å². The van der Waals surface area contributed by atoms with Crippen LogP contribution >= 0.6 is 0 Å². The highest BCUT2D eigenvalue weighted by molar-refractivity contribution is 6.04. The molecule has 0 radical (unpaired) electrons. The maximum absolute atomic E-state index is 12.7. The number of nitrogens with zero attached hydrogens (tertiary/aromatic N) is 1. The van der Waals surface area contributed by atoms with E-state index in [1.54, 1.807) is 32.4 Å². The minimum Gasteiger partial charge on any atom is -0.497 e. The normalized spacial score (nSPS) is 20.4. The molecule has 2 N–H and O–H groups in total. The van der Waals surface area contributed by atoms with Crippen LogP contribution in [0.15, 0.2) is 42.5 Å². The van der Waals surface area contributed by atoms with Crippen molar-refractivity contribution in [1.29, 1.82) is 0 Å². The van der Waals surface area contributed by atoms with Crippen LogP contribution in [0.5, 0.6) is 11.5 Å². The third kappa shape index (κ3) is 3.16. The van der Waals surface area contributed by atoms with Crippen molar-refractivity contribution in [3.63, 3.8) is 0 Å². The van der Waals surface area contributed by atoms with E-state index in [4.69, 9.17) is 9.47 Å². The Labute approximate surface area is 157 Å².